The number of nitrogens with one attached hydrogen (secondary N) is 2. The monoisotopic (exact) mass is 770 g/mol. The number of amides is 2. The third kappa shape index (κ3) is 10.1. The van der Waals surface area contributed by atoms with Gasteiger partial charge in [0.1, 0.15) is 22.5 Å². The smallest absolute Gasteiger partial charge is 0.410 e. The van der Waals surface area contributed by atoms with Crippen molar-refractivity contribution in [1.29, 1.82) is 0 Å². The third-order valence-corrected chi connectivity index (χ3v) is 12.6. The summed E-state index contributed by atoms with van der Waals surface area (Å²) in [6.07, 6.45) is 1.85. The molecule has 1 aliphatic rings. The van der Waals surface area contributed by atoms with Gasteiger partial charge in [-0.05, 0) is 63.1 Å². The van der Waals surface area contributed by atoms with Gasteiger partial charge in [-0.1, -0.05) is 86.1 Å². The lowest BCUT2D eigenvalue weighted by atomic mass is 9.93. The molecule has 6 rings (SSSR count). The highest BCUT2D eigenvalue weighted by Gasteiger charge is 2.43. The number of hydrogen-bond donors (Lipinski definition) is 3. The Balaban J connectivity index is 0.000000195. The van der Waals surface area contributed by atoms with Gasteiger partial charge < -0.3 is 14.0 Å². The van der Waals surface area contributed by atoms with E-state index < -0.39 is 36.4 Å². The lowest BCUT2D eigenvalue weighted by molar-refractivity contribution is -0.118. The highest BCUT2D eigenvalue weighted by molar-refractivity contribution is 7.93. The average Bonchev–Trinajstić information content (AvgIpc) is 3.69. The number of hydrogen-bond acceptors (Lipinski definition) is 10. The Hall–Kier alpha value is -4.99. The first-order valence-electron chi connectivity index (χ1n) is 15.9. The van der Waals surface area contributed by atoms with E-state index in [2.05, 4.69) is 20.8 Å². The molecule has 2 aromatic heterocycles. The van der Waals surface area contributed by atoms with Crippen LogP contribution in [0.2, 0.25) is 5.02 Å². The number of nitrogens with zero attached hydrogens (tertiary/aromatic N) is 2. The van der Waals surface area contributed by atoms with Crippen molar-refractivity contribution in [2.45, 2.75) is 72.7 Å². The number of aromatic nitrogens is 2. The van der Waals surface area contributed by atoms with Crippen molar-refractivity contribution < 1.29 is 40.5 Å². The summed E-state index contributed by atoms with van der Waals surface area (Å²) >= 11 is 5.66. The van der Waals surface area contributed by atoms with Gasteiger partial charge in [0.15, 0.2) is 25.5 Å². The van der Waals surface area contributed by atoms with E-state index in [1.165, 1.54) is 32.2 Å². The Bertz CT molecular complexity index is 2190. The number of benzene rings is 3. The normalized spacial score (nSPS) is 13.1. The van der Waals surface area contributed by atoms with Crippen LogP contribution >= 0.6 is 11.6 Å². The molecule has 3 N–H and O–H groups in total. The number of oxazole rings is 1. The summed E-state index contributed by atoms with van der Waals surface area (Å²) in [5.74, 6) is 0.150. The molecule has 16 heteroatoms. The van der Waals surface area contributed by atoms with Crippen LogP contribution in [0.3, 0.4) is 0 Å². The minimum Gasteiger partial charge on any atom is -0.465 e. The molecular formula is C36H39ClN4O9S2. The second-order valence-electron chi connectivity index (χ2n) is 13.1. The molecule has 0 saturated heterocycles. The maximum absolute atomic E-state index is 12.8. The van der Waals surface area contributed by atoms with Gasteiger partial charge in [0.25, 0.3) is 0 Å². The van der Waals surface area contributed by atoms with Gasteiger partial charge in [-0.3, -0.25) is 15.4 Å². The van der Waals surface area contributed by atoms with Gasteiger partial charge in [0.2, 0.25) is 5.91 Å². The summed E-state index contributed by atoms with van der Waals surface area (Å²) in [5.41, 5.74) is 1.21. The predicted molar refractivity (Wildman–Crippen MR) is 197 cm³/mol. The Kier molecular flexibility index (Phi) is 12.3. The Labute approximate surface area is 307 Å². The number of carboxylic acid groups (broad SMARTS) is 1. The van der Waals surface area contributed by atoms with Crippen molar-refractivity contribution in [3.8, 4) is 11.3 Å². The summed E-state index contributed by atoms with van der Waals surface area (Å²) < 4.78 is 57.4. The summed E-state index contributed by atoms with van der Waals surface area (Å²) in [6, 6.07) is 25.0. The highest BCUT2D eigenvalue weighted by Crippen LogP contribution is 2.34. The molecule has 0 unspecified atom stereocenters. The van der Waals surface area contributed by atoms with Crippen LogP contribution in [-0.2, 0) is 29.9 Å². The molecule has 2 heterocycles. The Morgan fingerprint density at radius 1 is 0.827 bits per heavy atom. The van der Waals surface area contributed by atoms with Crippen molar-refractivity contribution in [1.82, 2.24) is 10.1 Å². The molecule has 0 radical (unpaired) electrons. The lowest BCUT2D eigenvalue weighted by Crippen LogP contribution is -2.44. The van der Waals surface area contributed by atoms with E-state index in [9.17, 15) is 26.4 Å². The van der Waals surface area contributed by atoms with Crippen LogP contribution in [0.15, 0.2) is 116 Å². The SMILES string of the molecule is CC(C)(C(=O)Nc1nc(-c2ccccc2)co1)S(=O)(=O)c1ccccc1.CC(C)(C)c1cc(NC(=O)O)no1.O=S(=O)(c1ccc(Cl)cc1)C1CC1. The van der Waals surface area contributed by atoms with Crippen molar-refractivity contribution in [3.05, 3.63) is 108 Å². The van der Waals surface area contributed by atoms with Crippen LogP contribution in [-0.4, -0.2) is 54.1 Å². The standard InChI is InChI=1S/C19H18N2O4S.C9H9ClO2S.C8H12N2O3/c1-19(2,26(23,24)15-11-7-4-8-12-15)17(22)21-18-20-16(13-25-18)14-9-5-3-6-10-14;10-7-1-3-8(4-2-7)13(11,12)9-5-6-9;1-8(2,3)5-4-6(10-13-5)9-7(11)12/h3-13H,1-2H3,(H,20,21,22);1-4,9H,5-6H2;4H,1-3H3,(H,9,10)(H,11,12). The van der Waals surface area contributed by atoms with Gasteiger partial charge in [0, 0.05) is 22.1 Å². The molecule has 1 fully saturated rings. The van der Waals surface area contributed by atoms with Crippen LogP contribution in [0.4, 0.5) is 16.6 Å². The summed E-state index contributed by atoms with van der Waals surface area (Å²) in [7, 11) is -6.93. The second-order valence-corrected chi connectivity index (χ2v) is 18.3. The first-order valence-corrected chi connectivity index (χ1v) is 19.3. The number of halogens is 1. The fourth-order valence-corrected chi connectivity index (χ4v) is 7.51. The summed E-state index contributed by atoms with van der Waals surface area (Å²) in [5, 5.41) is 16.9. The van der Waals surface area contributed by atoms with Gasteiger partial charge in [-0.2, -0.15) is 4.98 Å². The molecule has 3 aromatic carbocycles. The maximum Gasteiger partial charge on any atom is 0.410 e. The number of carbonyl (C=O) groups is 2. The molecule has 13 nitrogen and oxygen atoms in total. The quantitative estimate of drug-likeness (QED) is 0.139. The van der Waals surface area contributed by atoms with E-state index in [1.54, 1.807) is 48.5 Å². The largest absolute Gasteiger partial charge is 0.465 e. The Morgan fingerprint density at radius 2 is 1.40 bits per heavy atom. The number of rotatable bonds is 8. The van der Waals surface area contributed by atoms with Crippen LogP contribution in [0.25, 0.3) is 11.3 Å². The van der Waals surface area contributed by atoms with Gasteiger partial charge in [0.05, 0.1) is 15.0 Å². The van der Waals surface area contributed by atoms with Crippen molar-refractivity contribution >= 4 is 55.1 Å². The molecule has 5 aromatic rings. The minimum absolute atomic E-state index is 0.0508. The van der Waals surface area contributed by atoms with E-state index >= 15 is 0 Å². The molecule has 0 spiro atoms. The lowest BCUT2D eigenvalue weighted by Gasteiger charge is -2.22. The zero-order valence-corrected chi connectivity index (χ0v) is 31.4. The van der Waals surface area contributed by atoms with Gasteiger partial charge in [-0.15, -0.1) is 0 Å². The fourth-order valence-electron chi connectivity index (χ4n) is 4.33. The van der Waals surface area contributed by atoms with Gasteiger partial charge in [-0.25, -0.2) is 21.6 Å². The van der Waals surface area contributed by atoms with Crippen LogP contribution in [0, 0.1) is 0 Å². The minimum atomic E-state index is -3.88. The van der Waals surface area contributed by atoms with Crippen LogP contribution < -0.4 is 10.6 Å². The van der Waals surface area contributed by atoms with Crippen LogP contribution in [0.5, 0.6) is 0 Å². The molecule has 52 heavy (non-hydrogen) atoms. The second kappa shape index (κ2) is 16.1. The van der Waals surface area contributed by atoms with Crippen molar-refractivity contribution in [3.63, 3.8) is 0 Å². The van der Waals surface area contributed by atoms with E-state index in [-0.39, 0.29) is 27.4 Å². The molecule has 2 amide bonds. The van der Waals surface area contributed by atoms with Gasteiger partial charge >= 0.3 is 12.1 Å². The van der Waals surface area contributed by atoms with E-state index in [4.69, 9.17) is 25.6 Å². The highest BCUT2D eigenvalue weighted by atomic mass is 35.5. The molecule has 0 aliphatic heterocycles. The van der Waals surface area contributed by atoms with Crippen molar-refractivity contribution in [2.75, 3.05) is 10.6 Å². The Morgan fingerprint density at radius 3 is 1.92 bits per heavy atom. The predicted octanol–water partition coefficient (Wildman–Crippen LogP) is 7.87. The van der Waals surface area contributed by atoms with E-state index in [0.717, 1.165) is 18.4 Å². The summed E-state index contributed by atoms with van der Waals surface area (Å²) in [4.78, 5) is 27.5. The van der Waals surface area contributed by atoms with E-state index in [1.807, 2.05) is 51.1 Å². The number of anilines is 2. The molecular weight excluding hydrogens is 732 g/mol. The topological polar surface area (TPSA) is 199 Å². The third-order valence-electron chi connectivity index (χ3n) is 7.66. The fraction of sp³-hybridized carbons (Fsp3) is 0.278. The first kappa shape index (κ1) is 39.8. The number of sulfone groups is 2. The molecule has 276 valence electrons. The molecule has 1 aliphatic carbocycles. The zero-order chi connectivity index (χ0) is 38.3. The average molecular weight is 771 g/mol. The first-order chi connectivity index (χ1) is 24.3. The summed E-state index contributed by atoms with van der Waals surface area (Å²) in [6.45, 7) is 8.58. The van der Waals surface area contributed by atoms with E-state index in [0.29, 0.717) is 21.4 Å². The maximum atomic E-state index is 12.8. The molecule has 0 atom stereocenters. The molecule has 0 bridgehead atoms. The molecule has 1 saturated carbocycles. The van der Waals surface area contributed by atoms with Crippen LogP contribution in [0.1, 0.15) is 53.2 Å². The zero-order valence-electron chi connectivity index (χ0n) is 29.0. The van der Waals surface area contributed by atoms with Crippen molar-refractivity contribution in [2.24, 2.45) is 0 Å². The number of carbonyl (C=O) groups excluding carboxylic acids is 1.